The third-order valence-corrected chi connectivity index (χ3v) is 8.12. The van der Waals surface area contributed by atoms with Crippen LogP contribution in [0.5, 0.6) is 0 Å². The minimum Gasteiger partial charge on any atom is -0.460 e. The first kappa shape index (κ1) is 38.1. The van der Waals surface area contributed by atoms with Crippen LogP contribution in [0.1, 0.15) is 89.4 Å². The van der Waals surface area contributed by atoms with E-state index in [0.29, 0.717) is 45.0 Å². The van der Waals surface area contributed by atoms with Crippen molar-refractivity contribution in [3.05, 3.63) is 59.2 Å². The normalized spacial score (nSPS) is 15.5. The van der Waals surface area contributed by atoms with Gasteiger partial charge in [-0.1, -0.05) is 25.8 Å². The first-order valence-electron chi connectivity index (χ1n) is 17.2. The van der Waals surface area contributed by atoms with Gasteiger partial charge in [0.1, 0.15) is 12.6 Å². The van der Waals surface area contributed by atoms with E-state index in [0.717, 1.165) is 42.8 Å². The summed E-state index contributed by atoms with van der Waals surface area (Å²) in [5.74, 6) is -3.12. The van der Waals surface area contributed by atoms with E-state index < -0.39 is 35.6 Å². The van der Waals surface area contributed by atoms with E-state index in [1.807, 2.05) is 12.1 Å². The van der Waals surface area contributed by atoms with Crippen LogP contribution in [0.25, 0.3) is 0 Å². The third kappa shape index (κ3) is 11.2. The minimum absolute atomic E-state index is 0.0268. The lowest BCUT2D eigenvalue weighted by Gasteiger charge is -2.27. The zero-order valence-corrected chi connectivity index (χ0v) is 28.5. The molecule has 1 fully saturated rings. The number of carbonyl (C=O) groups is 6. The number of amides is 5. The summed E-state index contributed by atoms with van der Waals surface area (Å²) < 4.78 is 21.8. The number of rotatable bonds is 22. The molecule has 1 unspecified atom stereocenters. The number of imide groups is 2. The van der Waals surface area contributed by atoms with Gasteiger partial charge in [-0.2, -0.15) is 0 Å². The second-order valence-corrected chi connectivity index (χ2v) is 11.9. The van der Waals surface area contributed by atoms with Crippen LogP contribution >= 0.6 is 0 Å². The van der Waals surface area contributed by atoms with Crippen molar-refractivity contribution in [2.24, 2.45) is 0 Å². The molecule has 0 aromatic heterocycles. The Morgan fingerprint density at radius 1 is 0.820 bits per heavy atom. The van der Waals surface area contributed by atoms with Crippen LogP contribution in [0.2, 0.25) is 0 Å². The quantitative estimate of drug-likeness (QED) is 0.0930. The fourth-order valence-electron chi connectivity index (χ4n) is 5.45. The molecule has 2 heterocycles. The largest absolute Gasteiger partial charge is 0.460 e. The number of hydrogen-bond acceptors (Lipinski definition) is 11. The molecule has 3 N–H and O–H groups in total. The Morgan fingerprint density at radius 3 is 2.22 bits per heavy atom. The molecule has 2 aliphatic rings. The Kier molecular flexibility index (Phi) is 15.3. The van der Waals surface area contributed by atoms with Crippen molar-refractivity contribution in [1.82, 2.24) is 10.2 Å². The monoisotopic (exact) mass is 694 g/mol. The number of carbonyl (C=O) groups excluding carboxylic acids is 6. The highest BCUT2D eigenvalue weighted by Gasteiger charge is 2.45. The number of hydrogen-bond donors (Lipinski definition) is 3. The van der Waals surface area contributed by atoms with Gasteiger partial charge in [0.15, 0.2) is 0 Å². The van der Waals surface area contributed by atoms with Crippen LogP contribution in [0.4, 0.5) is 11.4 Å². The van der Waals surface area contributed by atoms with E-state index >= 15 is 0 Å². The van der Waals surface area contributed by atoms with Gasteiger partial charge in [-0.15, -0.1) is 0 Å². The molecule has 2 aliphatic heterocycles. The lowest BCUT2D eigenvalue weighted by atomic mass is 10.0. The van der Waals surface area contributed by atoms with Crippen molar-refractivity contribution in [2.75, 3.05) is 63.4 Å². The second kappa shape index (κ2) is 20.1. The van der Waals surface area contributed by atoms with Gasteiger partial charge < -0.3 is 29.6 Å². The van der Waals surface area contributed by atoms with Crippen LogP contribution < -0.4 is 16.0 Å². The molecule has 0 saturated carbocycles. The molecule has 2 aromatic carbocycles. The average molecular weight is 695 g/mol. The summed E-state index contributed by atoms with van der Waals surface area (Å²) >= 11 is 0. The number of nitrogens with zero attached hydrogens (tertiary/aromatic N) is 1. The van der Waals surface area contributed by atoms with Crippen molar-refractivity contribution < 1.29 is 47.7 Å². The van der Waals surface area contributed by atoms with E-state index in [-0.39, 0.29) is 55.2 Å². The maximum Gasteiger partial charge on any atom is 0.338 e. The first-order chi connectivity index (χ1) is 24.3. The Morgan fingerprint density at radius 2 is 1.52 bits per heavy atom. The fraction of sp³-hybridized carbons (Fsp3) is 0.500. The van der Waals surface area contributed by atoms with E-state index in [9.17, 15) is 28.8 Å². The molecule has 50 heavy (non-hydrogen) atoms. The van der Waals surface area contributed by atoms with E-state index in [2.05, 4.69) is 22.9 Å². The average Bonchev–Trinajstić information content (AvgIpc) is 3.36. The minimum atomic E-state index is -1.07. The zero-order chi connectivity index (χ0) is 35.7. The molecule has 14 nitrogen and oxygen atoms in total. The summed E-state index contributed by atoms with van der Waals surface area (Å²) in [6.45, 7) is 5.56. The summed E-state index contributed by atoms with van der Waals surface area (Å²) in [4.78, 5) is 75.6. The Bertz CT molecular complexity index is 1500. The van der Waals surface area contributed by atoms with Gasteiger partial charge in [-0.25, -0.2) is 4.79 Å². The molecule has 0 aliphatic carbocycles. The number of piperidine rings is 1. The second-order valence-electron chi connectivity index (χ2n) is 11.9. The van der Waals surface area contributed by atoms with Gasteiger partial charge in [-0.05, 0) is 62.1 Å². The molecule has 270 valence electrons. The van der Waals surface area contributed by atoms with E-state index in [1.165, 1.54) is 6.07 Å². The molecule has 4 rings (SSSR count). The number of benzene rings is 2. The predicted molar refractivity (Wildman–Crippen MR) is 183 cm³/mol. The van der Waals surface area contributed by atoms with E-state index in [4.69, 9.17) is 18.9 Å². The molecule has 0 radical (unpaired) electrons. The van der Waals surface area contributed by atoms with Crippen LogP contribution in [0.3, 0.4) is 0 Å². The van der Waals surface area contributed by atoms with Gasteiger partial charge in [-0.3, -0.25) is 34.2 Å². The number of ether oxygens (including phenoxy) is 4. The summed E-state index contributed by atoms with van der Waals surface area (Å²) in [5.41, 5.74) is 1.84. The van der Waals surface area contributed by atoms with Gasteiger partial charge in [0.05, 0.1) is 55.4 Å². The first-order valence-corrected chi connectivity index (χ1v) is 17.2. The van der Waals surface area contributed by atoms with Crippen LogP contribution in [0, 0.1) is 0 Å². The summed E-state index contributed by atoms with van der Waals surface area (Å²) in [7, 11) is 0. The standard InChI is InChI=1S/C36H46N4O10/c1-2-3-17-37-26-13-11-25(12-14-26)36(46)50-24-23-49-22-21-48-20-19-47-18-6-4-5-10-30(41)38-28-9-7-8-27-32(28)35(45)40(34(27)44)29-15-16-31(42)39-33(29)43/h7-9,11-14,29,37H,2-6,10,15-24H2,1H3,(H,38,41)(H,39,42,43). The SMILES string of the molecule is CCCCNc1ccc(C(=O)OCCOCCOCCOCCCCCC(=O)Nc2cccc3c2C(=O)N(C2CCC(=O)NC2=O)C3=O)cc1. The van der Waals surface area contributed by atoms with Crippen LogP contribution in [-0.2, 0) is 33.3 Å². The molecule has 5 amide bonds. The highest BCUT2D eigenvalue weighted by Crippen LogP contribution is 2.32. The number of fused-ring (bicyclic) bond motifs is 1. The molecule has 2 aromatic rings. The molecule has 14 heteroatoms. The van der Waals surface area contributed by atoms with Crippen LogP contribution in [-0.4, -0.2) is 99.2 Å². The zero-order valence-electron chi connectivity index (χ0n) is 28.5. The maximum atomic E-state index is 13.2. The summed E-state index contributed by atoms with van der Waals surface area (Å²) in [5, 5.41) is 8.20. The lowest BCUT2D eigenvalue weighted by Crippen LogP contribution is -2.54. The molecular weight excluding hydrogens is 648 g/mol. The lowest BCUT2D eigenvalue weighted by molar-refractivity contribution is -0.136. The van der Waals surface area contributed by atoms with Gasteiger partial charge in [0, 0.05) is 31.7 Å². The smallest absolute Gasteiger partial charge is 0.338 e. The van der Waals surface area contributed by atoms with Crippen molar-refractivity contribution >= 4 is 46.9 Å². The number of nitrogens with one attached hydrogen (secondary N) is 3. The van der Waals surface area contributed by atoms with Crippen molar-refractivity contribution in [1.29, 1.82) is 0 Å². The number of unbranched alkanes of at least 4 members (excludes halogenated alkanes) is 3. The molecule has 1 saturated heterocycles. The topological polar surface area (TPSA) is 179 Å². The number of esters is 1. The van der Waals surface area contributed by atoms with Gasteiger partial charge in [0.25, 0.3) is 11.8 Å². The maximum absolute atomic E-state index is 13.2. The third-order valence-electron chi connectivity index (χ3n) is 8.12. The van der Waals surface area contributed by atoms with Crippen molar-refractivity contribution in [3.63, 3.8) is 0 Å². The molecule has 0 bridgehead atoms. The summed E-state index contributed by atoms with van der Waals surface area (Å²) in [6.07, 6.45) is 4.61. The highest BCUT2D eigenvalue weighted by atomic mass is 16.6. The van der Waals surface area contributed by atoms with Crippen molar-refractivity contribution in [2.45, 2.75) is 64.3 Å². The Hall–Kier alpha value is -4.66. The Labute approximate surface area is 291 Å². The Balaban J connectivity index is 0.986. The highest BCUT2D eigenvalue weighted by molar-refractivity contribution is 6.26. The van der Waals surface area contributed by atoms with E-state index in [1.54, 1.807) is 24.3 Å². The van der Waals surface area contributed by atoms with Gasteiger partial charge in [0.2, 0.25) is 17.7 Å². The van der Waals surface area contributed by atoms with Crippen LogP contribution in [0.15, 0.2) is 42.5 Å². The van der Waals surface area contributed by atoms with Gasteiger partial charge >= 0.3 is 5.97 Å². The molecule has 1 atom stereocenters. The molecule has 0 spiro atoms. The number of anilines is 2. The predicted octanol–water partition coefficient (Wildman–Crippen LogP) is 3.71. The fourth-order valence-corrected chi connectivity index (χ4v) is 5.45. The summed E-state index contributed by atoms with van der Waals surface area (Å²) in [6, 6.07) is 10.7. The van der Waals surface area contributed by atoms with Crippen molar-refractivity contribution in [3.8, 4) is 0 Å². The molecular formula is C36H46N4O10.